The van der Waals surface area contributed by atoms with Crippen molar-refractivity contribution < 1.29 is 9.90 Å². The van der Waals surface area contributed by atoms with E-state index in [4.69, 9.17) is 16.7 Å². The van der Waals surface area contributed by atoms with Crippen LogP contribution in [-0.4, -0.2) is 22.2 Å². The van der Waals surface area contributed by atoms with Crippen molar-refractivity contribution in [3.8, 4) is 0 Å². The van der Waals surface area contributed by atoms with E-state index in [1.54, 1.807) is 0 Å². The zero-order valence-corrected chi connectivity index (χ0v) is 10.5. The number of benzene rings is 1. The molecule has 0 bridgehead atoms. The fourth-order valence-electron chi connectivity index (χ4n) is 2.68. The number of hydrogen-bond acceptors (Lipinski definition) is 2. The summed E-state index contributed by atoms with van der Waals surface area (Å²) in [6, 6.07) is 5.67. The maximum absolute atomic E-state index is 11.0. The number of fused-ring (bicyclic) bond motifs is 3. The summed E-state index contributed by atoms with van der Waals surface area (Å²) in [5.74, 6) is -0.809. The predicted octanol–water partition coefficient (Wildman–Crippen LogP) is 2.02. The van der Waals surface area contributed by atoms with Crippen molar-refractivity contribution in [2.45, 2.75) is 19.5 Å². The fourth-order valence-corrected chi connectivity index (χ4v) is 2.96. The Morgan fingerprint density at radius 1 is 1.50 bits per heavy atom. The van der Waals surface area contributed by atoms with Gasteiger partial charge in [0.2, 0.25) is 0 Å². The Labute approximate surface area is 109 Å². The predicted molar refractivity (Wildman–Crippen MR) is 70.0 cm³/mol. The molecule has 2 N–H and O–H groups in total. The van der Waals surface area contributed by atoms with Gasteiger partial charge in [-0.3, -0.25) is 4.79 Å². The minimum absolute atomic E-state index is 0.0425. The standard InChI is InChI=1S/C13H13ClN2O2/c14-10-3-1-2-8-9(6-12(17)18)11-7-15-4-5-16(11)13(8)10/h1-3,15H,4-7H2,(H,17,18). The molecule has 0 radical (unpaired) electrons. The molecule has 0 spiro atoms. The number of rotatable bonds is 2. The first-order valence-electron chi connectivity index (χ1n) is 5.89. The van der Waals surface area contributed by atoms with Crippen molar-refractivity contribution in [3.05, 3.63) is 34.5 Å². The highest BCUT2D eigenvalue weighted by atomic mass is 35.5. The van der Waals surface area contributed by atoms with Crippen molar-refractivity contribution in [3.63, 3.8) is 0 Å². The van der Waals surface area contributed by atoms with Gasteiger partial charge in [0.1, 0.15) is 0 Å². The topological polar surface area (TPSA) is 54.3 Å². The number of carboxylic acid groups (broad SMARTS) is 1. The van der Waals surface area contributed by atoms with Gasteiger partial charge in [-0.25, -0.2) is 0 Å². The first-order chi connectivity index (χ1) is 8.68. The molecule has 2 aromatic rings. The molecule has 0 unspecified atom stereocenters. The van der Waals surface area contributed by atoms with Crippen LogP contribution in [0.2, 0.25) is 5.02 Å². The van der Waals surface area contributed by atoms with Crippen LogP contribution in [-0.2, 0) is 24.3 Å². The first kappa shape index (κ1) is 11.6. The van der Waals surface area contributed by atoms with E-state index in [0.29, 0.717) is 11.6 Å². The van der Waals surface area contributed by atoms with Crippen molar-refractivity contribution in [2.24, 2.45) is 0 Å². The highest BCUT2D eigenvalue weighted by molar-refractivity contribution is 6.35. The van der Waals surface area contributed by atoms with E-state index in [1.165, 1.54) is 0 Å². The molecule has 1 aliphatic heterocycles. The quantitative estimate of drug-likeness (QED) is 0.873. The van der Waals surface area contributed by atoms with E-state index in [2.05, 4.69) is 9.88 Å². The van der Waals surface area contributed by atoms with E-state index in [0.717, 1.165) is 35.2 Å². The minimum atomic E-state index is -0.809. The Morgan fingerprint density at radius 3 is 3.11 bits per heavy atom. The number of aliphatic carboxylic acids is 1. The molecule has 0 fully saturated rings. The van der Waals surface area contributed by atoms with Crippen LogP contribution in [0, 0.1) is 0 Å². The van der Waals surface area contributed by atoms with E-state index in [-0.39, 0.29) is 6.42 Å². The SMILES string of the molecule is O=C(O)Cc1c2n(c3c(Cl)cccc13)CCNC2. The smallest absolute Gasteiger partial charge is 0.307 e. The Morgan fingerprint density at radius 2 is 2.33 bits per heavy atom. The molecule has 0 atom stereocenters. The second-order valence-corrected chi connectivity index (χ2v) is 4.87. The third kappa shape index (κ3) is 1.69. The zero-order chi connectivity index (χ0) is 12.7. The molecule has 4 nitrogen and oxygen atoms in total. The van der Waals surface area contributed by atoms with E-state index in [1.807, 2.05) is 18.2 Å². The average Bonchev–Trinajstić information content (AvgIpc) is 2.65. The van der Waals surface area contributed by atoms with Gasteiger partial charge >= 0.3 is 5.97 Å². The maximum atomic E-state index is 11.0. The van der Waals surface area contributed by atoms with Gasteiger partial charge in [-0.05, 0) is 11.6 Å². The van der Waals surface area contributed by atoms with E-state index in [9.17, 15) is 4.79 Å². The summed E-state index contributed by atoms with van der Waals surface area (Å²) in [5, 5.41) is 14.0. The van der Waals surface area contributed by atoms with Gasteiger partial charge in [0.15, 0.2) is 0 Å². The molecule has 3 rings (SSSR count). The molecule has 94 valence electrons. The molecule has 1 aromatic carbocycles. The highest BCUT2D eigenvalue weighted by Crippen LogP contribution is 2.32. The number of aromatic nitrogens is 1. The third-order valence-electron chi connectivity index (χ3n) is 3.39. The van der Waals surface area contributed by atoms with Crippen LogP contribution in [0.5, 0.6) is 0 Å². The molecular formula is C13H13ClN2O2. The minimum Gasteiger partial charge on any atom is -0.481 e. The van der Waals surface area contributed by atoms with Gasteiger partial charge < -0.3 is 15.0 Å². The molecule has 0 saturated carbocycles. The van der Waals surface area contributed by atoms with Crippen LogP contribution in [0.4, 0.5) is 0 Å². The Balaban J connectivity index is 2.32. The molecule has 0 aliphatic carbocycles. The first-order valence-corrected chi connectivity index (χ1v) is 6.27. The summed E-state index contributed by atoms with van der Waals surface area (Å²) in [4.78, 5) is 11.0. The summed E-state index contributed by atoms with van der Waals surface area (Å²) in [7, 11) is 0. The number of carbonyl (C=O) groups is 1. The zero-order valence-electron chi connectivity index (χ0n) is 9.74. The van der Waals surface area contributed by atoms with Gasteiger partial charge in [0.25, 0.3) is 0 Å². The molecule has 0 saturated heterocycles. The van der Waals surface area contributed by atoms with E-state index >= 15 is 0 Å². The van der Waals surface area contributed by atoms with Gasteiger partial charge in [0.05, 0.1) is 17.0 Å². The molecule has 0 amide bonds. The highest BCUT2D eigenvalue weighted by Gasteiger charge is 2.22. The molecular weight excluding hydrogens is 252 g/mol. The van der Waals surface area contributed by atoms with Crippen LogP contribution in [0.15, 0.2) is 18.2 Å². The normalized spacial score (nSPS) is 14.7. The van der Waals surface area contributed by atoms with Crippen LogP contribution in [0.25, 0.3) is 10.9 Å². The van der Waals surface area contributed by atoms with Crippen molar-refractivity contribution >= 4 is 28.5 Å². The monoisotopic (exact) mass is 264 g/mol. The number of halogens is 1. The lowest BCUT2D eigenvalue weighted by atomic mass is 10.1. The third-order valence-corrected chi connectivity index (χ3v) is 3.69. The maximum Gasteiger partial charge on any atom is 0.307 e. The largest absolute Gasteiger partial charge is 0.481 e. The molecule has 2 heterocycles. The number of nitrogens with zero attached hydrogens (tertiary/aromatic N) is 1. The fraction of sp³-hybridized carbons (Fsp3) is 0.308. The number of nitrogens with one attached hydrogen (secondary N) is 1. The Bertz CT molecular complexity index is 633. The van der Waals surface area contributed by atoms with Gasteiger partial charge in [0, 0.05) is 30.7 Å². The van der Waals surface area contributed by atoms with E-state index < -0.39 is 5.97 Å². The van der Waals surface area contributed by atoms with Crippen LogP contribution < -0.4 is 5.32 Å². The summed E-state index contributed by atoms with van der Waals surface area (Å²) in [6.07, 6.45) is 0.0425. The molecule has 5 heteroatoms. The molecule has 1 aliphatic rings. The number of hydrogen-bond donors (Lipinski definition) is 2. The molecule has 1 aromatic heterocycles. The number of para-hydroxylation sites is 1. The second-order valence-electron chi connectivity index (χ2n) is 4.46. The lowest BCUT2D eigenvalue weighted by molar-refractivity contribution is -0.136. The van der Waals surface area contributed by atoms with Crippen LogP contribution in [0.1, 0.15) is 11.3 Å². The van der Waals surface area contributed by atoms with Crippen LogP contribution >= 0.6 is 11.6 Å². The molecule has 18 heavy (non-hydrogen) atoms. The summed E-state index contributed by atoms with van der Waals surface area (Å²) in [6.45, 7) is 2.41. The second kappa shape index (κ2) is 4.30. The van der Waals surface area contributed by atoms with Gasteiger partial charge in [-0.1, -0.05) is 23.7 Å². The summed E-state index contributed by atoms with van der Waals surface area (Å²) >= 11 is 6.26. The summed E-state index contributed by atoms with van der Waals surface area (Å²) < 4.78 is 2.15. The lowest BCUT2D eigenvalue weighted by Crippen LogP contribution is -2.28. The van der Waals surface area contributed by atoms with Crippen molar-refractivity contribution in [1.82, 2.24) is 9.88 Å². The average molecular weight is 265 g/mol. The summed E-state index contributed by atoms with van der Waals surface area (Å²) in [5.41, 5.74) is 2.89. The van der Waals surface area contributed by atoms with Crippen molar-refractivity contribution in [2.75, 3.05) is 6.54 Å². The number of carboxylic acids is 1. The van der Waals surface area contributed by atoms with Gasteiger partial charge in [-0.15, -0.1) is 0 Å². The van der Waals surface area contributed by atoms with Crippen LogP contribution in [0.3, 0.4) is 0 Å². The van der Waals surface area contributed by atoms with Gasteiger partial charge in [-0.2, -0.15) is 0 Å². The van der Waals surface area contributed by atoms with Crippen molar-refractivity contribution in [1.29, 1.82) is 0 Å². The Hall–Kier alpha value is -1.52. The Kier molecular flexibility index (Phi) is 2.76. The lowest BCUT2D eigenvalue weighted by Gasteiger charge is -2.18.